The van der Waals surface area contributed by atoms with Crippen LogP contribution in [-0.2, 0) is 28.2 Å². The first-order valence-electron chi connectivity index (χ1n) is 16.8. The number of unbranched alkanes of at least 4 members (excludes halogenated alkanes) is 14. The lowest BCUT2D eigenvalue weighted by molar-refractivity contribution is -0.161. The smallest absolute Gasteiger partial charge is 0.462 e. The van der Waals surface area contributed by atoms with E-state index >= 15 is 0 Å². The Hall–Kier alpha value is -1.73. The second-order valence-corrected chi connectivity index (χ2v) is 12.4. The summed E-state index contributed by atoms with van der Waals surface area (Å²) in [4.78, 5) is 42.5. The highest BCUT2D eigenvalue weighted by Gasteiger charge is 2.22. The van der Waals surface area contributed by atoms with Gasteiger partial charge in [0.1, 0.15) is 6.61 Å². The van der Waals surface area contributed by atoms with Gasteiger partial charge < -0.3 is 19.3 Å². The van der Waals surface area contributed by atoms with Crippen molar-refractivity contribution in [3.63, 3.8) is 0 Å². The van der Waals surface area contributed by atoms with Gasteiger partial charge in [0.05, 0.1) is 6.61 Å². The van der Waals surface area contributed by atoms with Crippen LogP contribution in [0.4, 0.5) is 0 Å². The number of rotatable bonds is 30. The van der Waals surface area contributed by atoms with Crippen molar-refractivity contribution in [2.75, 3.05) is 13.2 Å². The van der Waals surface area contributed by atoms with Crippen LogP contribution in [0.2, 0.25) is 0 Å². The lowest BCUT2D eigenvalue weighted by Crippen LogP contribution is -2.29. The Balaban J connectivity index is 4.06. The summed E-state index contributed by atoms with van der Waals surface area (Å²) in [5.74, 6) is -0.917. The standard InChI is InChI=1S/C34H61O8P/c1-3-5-7-9-11-13-15-16-17-19-21-23-25-27-29-34(36)42-32(31-41-43(37,38)39)30-40-33(35)28-26-24-22-20-18-14-12-10-8-6-4-2/h9-12,15-16,32H,3-8,13-14,17-31H2,1-2H3,(H2,37,38,39)/b11-9+,12-10+,16-15+/t32-/m1/s1. The number of allylic oxidation sites excluding steroid dienone is 6. The van der Waals surface area contributed by atoms with Crippen molar-refractivity contribution in [1.29, 1.82) is 0 Å². The van der Waals surface area contributed by atoms with E-state index in [0.717, 1.165) is 83.5 Å². The predicted molar refractivity (Wildman–Crippen MR) is 175 cm³/mol. The molecule has 0 spiro atoms. The van der Waals surface area contributed by atoms with E-state index in [1.165, 1.54) is 25.7 Å². The molecule has 2 N–H and O–H groups in total. The van der Waals surface area contributed by atoms with E-state index in [-0.39, 0.29) is 19.4 Å². The van der Waals surface area contributed by atoms with Gasteiger partial charge in [0.25, 0.3) is 0 Å². The molecule has 0 aromatic heterocycles. The lowest BCUT2D eigenvalue weighted by atomic mass is 10.1. The molecule has 0 aliphatic carbocycles. The van der Waals surface area contributed by atoms with Crippen molar-refractivity contribution >= 4 is 19.8 Å². The van der Waals surface area contributed by atoms with E-state index in [4.69, 9.17) is 19.3 Å². The molecule has 43 heavy (non-hydrogen) atoms. The summed E-state index contributed by atoms with van der Waals surface area (Å²) in [6.07, 6.45) is 32.9. The normalized spacial score (nSPS) is 12.9. The summed E-state index contributed by atoms with van der Waals surface area (Å²) in [5, 5.41) is 0. The van der Waals surface area contributed by atoms with Gasteiger partial charge in [-0.05, 0) is 57.8 Å². The van der Waals surface area contributed by atoms with E-state index < -0.39 is 32.5 Å². The molecule has 0 aliphatic rings. The maximum atomic E-state index is 12.3. The highest BCUT2D eigenvalue weighted by atomic mass is 31.2. The molecule has 8 nitrogen and oxygen atoms in total. The van der Waals surface area contributed by atoms with Gasteiger partial charge in [0, 0.05) is 12.8 Å². The Morgan fingerprint density at radius 3 is 1.56 bits per heavy atom. The molecular formula is C34H61O8P. The molecule has 0 bridgehead atoms. The van der Waals surface area contributed by atoms with E-state index in [1.807, 2.05) is 0 Å². The SMILES string of the molecule is CCCC/C=C/C/C=C/CCCCCCCC(=O)O[C@H](COC(=O)CCCCCCC/C=C/CCCC)COP(=O)(O)O. The molecule has 0 heterocycles. The number of ether oxygens (including phenoxy) is 2. The maximum Gasteiger partial charge on any atom is 0.469 e. The summed E-state index contributed by atoms with van der Waals surface area (Å²) in [6, 6.07) is 0. The molecule has 1 atom stereocenters. The van der Waals surface area contributed by atoms with Gasteiger partial charge in [-0.1, -0.05) is 115 Å². The van der Waals surface area contributed by atoms with E-state index in [1.54, 1.807) is 0 Å². The fraction of sp³-hybridized carbons (Fsp3) is 0.765. The van der Waals surface area contributed by atoms with Crippen molar-refractivity contribution < 1.29 is 37.9 Å². The number of hydrogen-bond acceptors (Lipinski definition) is 6. The Morgan fingerprint density at radius 1 is 0.605 bits per heavy atom. The minimum absolute atomic E-state index is 0.194. The number of hydrogen-bond donors (Lipinski definition) is 2. The number of esters is 2. The first-order valence-corrected chi connectivity index (χ1v) is 18.3. The van der Waals surface area contributed by atoms with E-state index in [0.29, 0.717) is 12.8 Å². The Kier molecular flexibility index (Phi) is 29.1. The van der Waals surface area contributed by atoms with E-state index in [9.17, 15) is 14.2 Å². The van der Waals surface area contributed by atoms with Gasteiger partial charge >= 0.3 is 19.8 Å². The topological polar surface area (TPSA) is 119 Å². The molecule has 0 saturated heterocycles. The average Bonchev–Trinajstić information content (AvgIpc) is 2.97. The molecule has 0 saturated carbocycles. The summed E-state index contributed by atoms with van der Waals surface area (Å²) in [5.41, 5.74) is 0. The fourth-order valence-electron chi connectivity index (χ4n) is 4.31. The van der Waals surface area contributed by atoms with Crippen molar-refractivity contribution in [1.82, 2.24) is 0 Å². The van der Waals surface area contributed by atoms with Gasteiger partial charge in [0.15, 0.2) is 6.10 Å². The van der Waals surface area contributed by atoms with Crippen molar-refractivity contribution in [3.05, 3.63) is 36.5 Å². The molecule has 0 unspecified atom stereocenters. The molecule has 0 aromatic rings. The average molecular weight is 629 g/mol. The predicted octanol–water partition coefficient (Wildman–Crippen LogP) is 9.45. The Morgan fingerprint density at radius 2 is 1.05 bits per heavy atom. The van der Waals surface area contributed by atoms with Crippen LogP contribution >= 0.6 is 7.82 Å². The van der Waals surface area contributed by atoms with Crippen LogP contribution in [0.15, 0.2) is 36.5 Å². The van der Waals surface area contributed by atoms with Gasteiger partial charge in [-0.25, -0.2) is 4.57 Å². The summed E-state index contributed by atoms with van der Waals surface area (Å²) < 4.78 is 26.2. The fourth-order valence-corrected chi connectivity index (χ4v) is 4.67. The first-order chi connectivity index (χ1) is 20.8. The minimum atomic E-state index is -4.75. The molecule has 0 fully saturated rings. The van der Waals surface area contributed by atoms with Crippen LogP contribution in [0.3, 0.4) is 0 Å². The monoisotopic (exact) mass is 628 g/mol. The quantitative estimate of drug-likeness (QED) is 0.0349. The van der Waals surface area contributed by atoms with Crippen LogP contribution in [0, 0.1) is 0 Å². The maximum absolute atomic E-state index is 12.3. The molecular weight excluding hydrogens is 567 g/mol. The van der Waals surface area contributed by atoms with Gasteiger partial charge in [0.2, 0.25) is 0 Å². The summed E-state index contributed by atoms with van der Waals surface area (Å²) in [6.45, 7) is 3.55. The largest absolute Gasteiger partial charge is 0.469 e. The molecule has 0 rings (SSSR count). The zero-order valence-electron chi connectivity index (χ0n) is 27.1. The Bertz CT molecular complexity index is 802. The van der Waals surface area contributed by atoms with Gasteiger partial charge in [-0.2, -0.15) is 0 Å². The zero-order valence-corrected chi connectivity index (χ0v) is 28.0. The van der Waals surface area contributed by atoms with E-state index in [2.05, 4.69) is 54.8 Å². The van der Waals surface area contributed by atoms with Gasteiger partial charge in [-0.15, -0.1) is 0 Å². The third-order valence-corrected chi connectivity index (χ3v) is 7.37. The van der Waals surface area contributed by atoms with Crippen LogP contribution in [0.5, 0.6) is 0 Å². The zero-order chi connectivity index (χ0) is 31.9. The molecule has 0 radical (unpaired) electrons. The highest BCUT2D eigenvalue weighted by molar-refractivity contribution is 7.46. The van der Waals surface area contributed by atoms with Crippen molar-refractivity contribution in [2.24, 2.45) is 0 Å². The van der Waals surface area contributed by atoms with Gasteiger partial charge in [-0.3, -0.25) is 14.1 Å². The second-order valence-electron chi connectivity index (χ2n) is 11.1. The molecule has 0 amide bonds. The van der Waals surface area contributed by atoms with Crippen molar-refractivity contribution in [2.45, 2.75) is 155 Å². The Labute approximate surface area is 262 Å². The third-order valence-electron chi connectivity index (χ3n) is 6.88. The minimum Gasteiger partial charge on any atom is -0.462 e. The highest BCUT2D eigenvalue weighted by Crippen LogP contribution is 2.35. The molecule has 250 valence electrons. The summed E-state index contributed by atoms with van der Waals surface area (Å²) in [7, 11) is -4.75. The number of phosphoric acid groups is 1. The van der Waals surface area contributed by atoms with Crippen molar-refractivity contribution in [3.8, 4) is 0 Å². The second kappa shape index (κ2) is 30.3. The molecule has 0 aromatic carbocycles. The first kappa shape index (κ1) is 41.3. The van der Waals surface area contributed by atoms with Crippen LogP contribution in [0.25, 0.3) is 0 Å². The van der Waals surface area contributed by atoms with Crippen LogP contribution < -0.4 is 0 Å². The molecule has 9 heteroatoms. The lowest BCUT2D eigenvalue weighted by Gasteiger charge is -2.18. The van der Waals surface area contributed by atoms with Crippen LogP contribution in [0.1, 0.15) is 149 Å². The molecule has 0 aliphatic heterocycles. The number of phosphoric ester groups is 1. The summed E-state index contributed by atoms with van der Waals surface area (Å²) >= 11 is 0. The third kappa shape index (κ3) is 33.0. The van der Waals surface area contributed by atoms with Crippen LogP contribution in [-0.4, -0.2) is 41.0 Å². The number of carbonyl (C=O) groups excluding carboxylic acids is 2. The number of carbonyl (C=O) groups is 2.